The number of alkyl halides is 2. The zero-order valence-electron chi connectivity index (χ0n) is 35.8. The summed E-state index contributed by atoms with van der Waals surface area (Å²) in [5.74, 6) is -7.37. The van der Waals surface area contributed by atoms with Crippen LogP contribution in [0.2, 0.25) is 5.04 Å². The first kappa shape index (κ1) is 44.9. The molecule has 2 aliphatic heterocycles. The van der Waals surface area contributed by atoms with Gasteiger partial charge in [0, 0.05) is 36.0 Å². The van der Waals surface area contributed by atoms with E-state index in [0.717, 1.165) is 39.2 Å². The number of nitrogens with zero attached hydrogens (tertiary/aromatic N) is 3. The number of amides is 1. The summed E-state index contributed by atoms with van der Waals surface area (Å²) in [5.41, 5.74) is -1.55. The summed E-state index contributed by atoms with van der Waals surface area (Å²) in [5, 5.41) is 22.9. The number of likely N-dealkylation sites (tertiary alicyclic amines) is 1. The van der Waals surface area contributed by atoms with Crippen molar-refractivity contribution in [3.8, 4) is 0 Å². The third-order valence-electron chi connectivity index (χ3n) is 12.0. The second-order valence-corrected chi connectivity index (χ2v) is 22.9. The van der Waals surface area contributed by atoms with E-state index in [4.69, 9.17) is 9.16 Å². The van der Waals surface area contributed by atoms with Gasteiger partial charge in [0.25, 0.3) is 14.2 Å². The fourth-order valence-electron chi connectivity index (χ4n) is 9.21. The first-order chi connectivity index (χ1) is 29.0. The Balaban J connectivity index is 1.29. The highest BCUT2D eigenvalue weighted by molar-refractivity contribution is 6.99. The van der Waals surface area contributed by atoms with E-state index < -0.39 is 97.3 Å². The fourth-order valence-corrected chi connectivity index (χ4v) is 13.8. The second-order valence-electron chi connectivity index (χ2n) is 18.6. The number of rotatable bonds is 10. The Morgan fingerprint density at radius 1 is 0.855 bits per heavy atom. The number of halogens is 5. The summed E-state index contributed by atoms with van der Waals surface area (Å²) >= 11 is 0. The van der Waals surface area contributed by atoms with Gasteiger partial charge in [-0.3, -0.25) is 4.90 Å². The molecule has 3 atom stereocenters. The zero-order valence-corrected chi connectivity index (χ0v) is 36.8. The number of hydrogen-bond acceptors (Lipinski definition) is 6. The van der Waals surface area contributed by atoms with E-state index in [2.05, 4.69) is 0 Å². The van der Waals surface area contributed by atoms with Crippen LogP contribution in [0.15, 0.2) is 91.0 Å². The molecule has 1 fully saturated rings. The van der Waals surface area contributed by atoms with Crippen LogP contribution >= 0.6 is 0 Å². The first-order valence-electron chi connectivity index (χ1n) is 20.6. The molecule has 1 saturated heterocycles. The van der Waals surface area contributed by atoms with E-state index >= 15 is 17.6 Å². The van der Waals surface area contributed by atoms with E-state index in [1.807, 2.05) is 81.4 Å². The van der Waals surface area contributed by atoms with Crippen LogP contribution in [-0.2, 0) is 15.6 Å². The van der Waals surface area contributed by atoms with E-state index in [1.54, 1.807) is 27.7 Å². The molecule has 0 saturated carbocycles. The normalized spacial score (nSPS) is 18.4. The molecule has 330 valence electrons. The molecular formula is C47H52F5N3O6Si. The van der Waals surface area contributed by atoms with Gasteiger partial charge in [-0.05, 0) is 91.0 Å². The van der Waals surface area contributed by atoms with Gasteiger partial charge in [-0.25, -0.2) is 36.1 Å². The van der Waals surface area contributed by atoms with Crippen LogP contribution in [0, 0.1) is 23.4 Å². The molecule has 0 spiro atoms. The number of aromatic nitrogens is 1. The number of carbonyl (C=O) groups excluding carboxylic acids is 1. The van der Waals surface area contributed by atoms with Gasteiger partial charge >= 0.3 is 12.2 Å². The summed E-state index contributed by atoms with van der Waals surface area (Å²) in [6.45, 7) is 10.5. The van der Waals surface area contributed by atoms with Crippen LogP contribution in [-0.4, -0.2) is 88.9 Å². The number of carboxylic acid groups (broad SMARTS) is 1. The molecule has 62 heavy (non-hydrogen) atoms. The quantitative estimate of drug-likeness (QED) is 0.107. The van der Waals surface area contributed by atoms with Gasteiger partial charge < -0.3 is 24.3 Å². The van der Waals surface area contributed by atoms with Crippen LogP contribution in [0.25, 0.3) is 10.9 Å². The summed E-state index contributed by atoms with van der Waals surface area (Å²) in [7, 11) is -3.48. The molecule has 2 N–H and O–H groups in total. The molecule has 7 rings (SSSR count). The molecule has 1 aromatic heterocycles. The molecule has 3 heterocycles. The molecule has 0 radical (unpaired) electrons. The Kier molecular flexibility index (Phi) is 12.0. The Morgan fingerprint density at radius 3 is 1.94 bits per heavy atom. The zero-order chi connectivity index (χ0) is 45.1. The highest BCUT2D eigenvalue weighted by Gasteiger charge is 2.53. The van der Waals surface area contributed by atoms with Crippen LogP contribution in [0.1, 0.15) is 83.0 Å². The van der Waals surface area contributed by atoms with Crippen molar-refractivity contribution in [3.05, 3.63) is 131 Å². The fraction of sp³-hybridized carbons (Fsp3) is 0.404. The van der Waals surface area contributed by atoms with Crippen LogP contribution in [0.3, 0.4) is 0 Å². The van der Waals surface area contributed by atoms with Gasteiger partial charge in [-0.1, -0.05) is 81.4 Å². The number of hydrogen-bond donors (Lipinski definition) is 2. The minimum atomic E-state index is -3.67. The summed E-state index contributed by atoms with van der Waals surface area (Å²) in [6, 6.07) is 21.1. The minimum Gasteiger partial charge on any atom is -0.464 e. The van der Waals surface area contributed by atoms with Crippen molar-refractivity contribution in [1.82, 2.24) is 14.4 Å². The van der Waals surface area contributed by atoms with Crippen molar-refractivity contribution in [2.45, 2.75) is 89.6 Å². The Morgan fingerprint density at radius 2 is 1.42 bits per heavy atom. The molecule has 1 amide bonds. The Labute approximate surface area is 358 Å². The highest BCUT2D eigenvalue weighted by Crippen LogP contribution is 2.46. The first-order valence-corrected chi connectivity index (χ1v) is 22.5. The van der Waals surface area contributed by atoms with Gasteiger partial charge in [0.1, 0.15) is 23.1 Å². The Hall–Kier alpha value is -5.09. The highest BCUT2D eigenvalue weighted by atomic mass is 28.4. The van der Waals surface area contributed by atoms with Gasteiger partial charge in [0.2, 0.25) is 0 Å². The third-order valence-corrected chi connectivity index (χ3v) is 17.0. The number of benzene rings is 4. The number of aliphatic hydroxyl groups excluding tert-OH is 1. The van der Waals surface area contributed by atoms with Gasteiger partial charge in [-0.2, -0.15) is 0 Å². The molecule has 2 aliphatic rings. The van der Waals surface area contributed by atoms with Gasteiger partial charge in [-0.15, -0.1) is 0 Å². The van der Waals surface area contributed by atoms with E-state index in [9.17, 15) is 24.2 Å². The lowest BCUT2D eigenvalue weighted by Gasteiger charge is -2.45. The smallest absolute Gasteiger partial charge is 0.416 e. The molecule has 0 aliphatic carbocycles. The lowest BCUT2D eigenvalue weighted by Crippen LogP contribution is -2.67. The maximum Gasteiger partial charge on any atom is 0.416 e. The third kappa shape index (κ3) is 8.39. The largest absolute Gasteiger partial charge is 0.464 e. The van der Waals surface area contributed by atoms with Crippen LogP contribution in [0.4, 0.5) is 31.5 Å². The van der Waals surface area contributed by atoms with E-state index in [0.29, 0.717) is 0 Å². The average Bonchev–Trinajstić information content (AvgIpc) is 3.47. The predicted molar refractivity (Wildman–Crippen MR) is 228 cm³/mol. The number of carbonyl (C=O) groups is 2. The summed E-state index contributed by atoms with van der Waals surface area (Å²) < 4.78 is 95.3. The molecule has 1 unspecified atom stereocenters. The lowest BCUT2D eigenvalue weighted by molar-refractivity contribution is -0.0827. The van der Waals surface area contributed by atoms with Crippen molar-refractivity contribution < 1.29 is 50.9 Å². The maximum atomic E-state index is 17.0. The van der Waals surface area contributed by atoms with Crippen molar-refractivity contribution in [2.24, 2.45) is 5.92 Å². The van der Waals surface area contributed by atoms with Gasteiger partial charge in [0.05, 0.1) is 36.5 Å². The number of fused-ring (bicyclic) bond motifs is 3. The maximum absolute atomic E-state index is 17.0. The molecule has 4 aromatic carbocycles. The summed E-state index contributed by atoms with van der Waals surface area (Å²) in [6.07, 6.45) is -3.62. The predicted octanol–water partition coefficient (Wildman–Crippen LogP) is 9.03. The van der Waals surface area contributed by atoms with Crippen LogP contribution < -0.4 is 10.4 Å². The minimum absolute atomic E-state index is 0.0251. The molecule has 9 nitrogen and oxygen atoms in total. The average molecular weight is 878 g/mol. The summed E-state index contributed by atoms with van der Waals surface area (Å²) in [4.78, 5) is 28.1. The molecule has 15 heteroatoms. The topological polar surface area (TPSA) is 104 Å². The van der Waals surface area contributed by atoms with Crippen molar-refractivity contribution >= 4 is 41.8 Å². The van der Waals surface area contributed by atoms with E-state index in [-0.39, 0.29) is 47.2 Å². The molecule has 0 bridgehead atoms. The number of aliphatic hydroxyl groups is 1. The van der Waals surface area contributed by atoms with Crippen molar-refractivity contribution in [1.29, 1.82) is 0 Å². The van der Waals surface area contributed by atoms with Crippen LogP contribution in [0.5, 0.6) is 0 Å². The SMILES string of the molecule is C[C@@H]1Cc2c(n(C(=O)O)c3ccc(F)cc23)[C@@H](c2c(F)cc(C(O)C3CN(C(=O)OC(C)(C)C)C3)cc2F)N1CC(F)(F)CO[Si](c1ccccc1)(c1ccccc1)C(C)(C)C. The monoisotopic (exact) mass is 877 g/mol. The molecule has 5 aromatic rings. The number of ether oxygens (including phenoxy) is 1. The van der Waals surface area contributed by atoms with Gasteiger partial charge in [0.15, 0.2) is 0 Å². The van der Waals surface area contributed by atoms with Crippen molar-refractivity contribution in [3.63, 3.8) is 0 Å². The van der Waals surface area contributed by atoms with Crippen molar-refractivity contribution in [2.75, 3.05) is 26.2 Å². The Bertz CT molecular complexity index is 2400. The lowest BCUT2D eigenvalue weighted by atomic mass is 9.85. The van der Waals surface area contributed by atoms with E-state index in [1.165, 1.54) is 15.9 Å². The molecular weight excluding hydrogens is 826 g/mol. The second kappa shape index (κ2) is 16.6. The standard InChI is InChI=1S/C47H52F5N3O6Si/c1-28-20-35-34-23-31(48)18-19-38(34)55(43(57)58)40(35)41(39-36(49)21-29(22-37(39)50)42(56)30-24-53(25-30)44(59)61-45(2,3)4)54(28)26-47(51,52)27-60-62(46(5,6)7,32-14-10-8-11-15-32)33-16-12-9-13-17-33/h8-19,21-23,28,30,41-42,56H,20,24-27H2,1-7H3,(H,57,58)/t28-,41-,42?/m1/s1.